The number of sulfone groups is 1. The lowest BCUT2D eigenvalue weighted by atomic mass is 10.1. The summed E-state index contributed by atoms with van der Waals surface area (Å²) < 4.78 is 23.2. The molecular formula is C17H25ClIN3O2S. The molecule has 0 aromatic heterocycles. The van der Waals surface area contributed by atoms with E-state index >= 15 is 0 Å². The van der Waals surface area contributed by atoms with Gasteiger partial charge in [0.15, 0.2) is 15.8 Å². The Morgan fingerprint density at radius 1 is 1.32 bits per heavy atom. The van der Waals surface area contributed by atoms with Crippen LogP contribution >= 0.6 is 35.6 Å². The molecule has 0 amide bonds. The Bertz CT molecular complexity index is 722. The van der Waals surface area contributed by atoms with E-state index in [4.69, 9.17) is 11.6 Å². The van der Waals surface area contributed by atoms with Gasteiger partial charge in [-0.1, -0.05) is 29.8 Å². The summed E-state index contributed by atoms with van der Waals surface area (Å²) in [5, 5.41) is 7.52. The summed E-state index contributed by atoms with van der Waals surface area (Å²) in [7, 11) is -2.85. The zero-order chi connectivity index (χ0) is 17.2. The van der Waals surface area contributed by atoms with Crippen LogP contribution in [0.1, 0.15) is 37.8 Å². The second-order valence-electron chi connectivity index (χ2n) is 6.76. The van der Waals surface area contributed by atoms with Crippen molar-refractivity contribution < 1.29 is 8.42 Å². The molecule has 3 rings (SSSR count). The standard InChI is InChI=1S/C17H24ClN3O2S.HI/c1-12(15-4-2-3-5-16(15)18)20-17(21-14-6-7-14)19-10-13-8-9-24(22,23)11-13;/h2-5,12-14H,6-11H2,1H3,(H2,19,20,21);1H. The molecule has 25 heavy (non-hydrogen) atoms. The Morgan fingerprint density at radius 2 is 2.04 bits per heavy atom. The minimum absolute atomic E-state index is 0. The molecule has 1 aliphatic carbocycles. The van der Waals surface area contributed by atoms with Crippen LogP contribution < -0.4 is 10.6 Å². The van der Waals surface area contributed by atoms with E-state index in [-0.39, 0.29) is 41.7 Å². The largest absolute Gasteiger partial charge is 0.354 e. The summed E-state index contributed by atoms with van der Waals surface area (Å²) >= 11 is 6.27. The number of benzene rings is 1. The summed E-state index contributed by atoms with van der Waals surface area (Å²) in [6.07, 6.45) is 3.01. The lowest BCUT2D eigenvalue weighted by Gasteiger charge is -2.20. The van der Waals surface area contributed by atoms with Crippen molar-refractivity contribution in [2.24, 2.45) is 10.9 Å². The van der Waals surface area contributed by atoms with Crippen LogP contribution in [-0.4, -0.2) is 38.5 Å². The third-order valence-electron chi connectivity index (χ3n) is 4.48. The van der Waals surface area contributed by atoms with Crippen molar-refractivity contribution in [3.05, 3.63) is 34.9 Å². The molecule has 1 saturated carbocycles. The second kappa shape index (κ2) is 8.90. The van der Waals surface area contributed by atoms with E-state index in [2.05, 4.69) is 15.6 Å². The van der Waals surface area contributed by atoms with E-state index in [1.807, 2.05) is 31.2 Å². The van der Waals surface area contributed by atoms with E-state index in [0.29, 0.717) is 24.8 Å². The molecule has 1 saturated heterocycles. The van der Waals surface area contributed by atoms with Gasteiger partial charge in [-0.15, -0.1) is 24.0 Å². The van der Waals surface area contributed by atoms with E-state index in [0.717, 1.165) is 29.4 Å². The molecule has 2 atom stereocenters. The molecule has 2 unspecified atom stereocenters. The highest BCUT2D eigenvalue weighted by Gasteiger charge is 2.28. The zero-order valence-electron chi connectivity index (χ0n) is 14.2. The number of rotatable bonds is 5. The van der Waals surface area contributed by atoms with Gasteiger partial charge in [0.2, 0.25) is 0 Å². The highest BCUT2D eigenvalue weighted by Crippen LogP contribution is 2.23. The average Bonchev–Trinajstić information content (AvgIpc) is 3.27. The van der Waals surface area contributed by atoms with Crippen LogP contribution in [0.25, 0.3) is 0 Å². The number of hydrogen-bond acceptors (Lipinski definition) is 3. The van der Waals surface area contributed by atoms with Gasteiger partial charge in [-0.05, 0) is 43.7 Å². The van der Waals surface area contributed by atoms with Crippen LogP contribution in [0.15, 0.2) is 29.3 Å². The highest BCUT2D eigenvalue weighted by molar-refractivity contribution is 14.0. The maximum absolute atomic E-state index is 11.6. The van der Waals surface area contributed by atoms with Gasteiger partial charge in [-0.25, -0.2) is 8.42 Å². The number of nitrogens with one attached hydrogen (secondary N) is 2. The third-order valence-corrected chi connectivity index (χ3v) is 6.66. The Balaban J connectivity index is 0.00000225. The fourth-order valence-electron chi connectivity index (χ4n) is 2.90. The van der Waals surface area contributed by atoms with E-state index in [9.17, 15) is 8.42 Å². The smallest absolute Gasteiger partial charge is 0.191 e. The lowest BCUT2D eigenvalue weighted by molar-refractivity contribution is 0.587. The summed E-state index contributed by atoms with van der Waals surface area (Å²) in [5.74, 6) is 1.42. The number of hydrogen-bond donors (Lipinski definition) is 2. The maximum Gasteiger partial charge on any atom is 0.191 e. The Kier molecular flexibility index (Phi) is 7.40. The SMILES string of the molecule is CC(NC(=NCC1CCS(=O)(=O)C1)NC1CC1)c1ccccc1Cl.I. The van der Waals surface area contributed by atoms with Crippen LogP contribution in [0.3, 0.4) is 0 Å². The molecule has 2 N–H and O–H groups in total. The van der Waals surface area contributed by atoms with Gasteiger partial charge in [0, 0.05) is 17.6 Å². The van der Waals surface area contributed by atoms with Crippen molar-refractivity contribution in [3.63, 3.8) is 0 Å². The van der Waals surface area contributed by atoms with Gasteiger partial charge in [-0.2, -0.15) is 0 Å². The van der Waals surface area contributed by atoms with Crippen molar-refractivity contribution >= 4 is 51.4 Å². The number of aliphatic imine (C=N–C) groups is 1. The lowest BCUT2D eigenvalue weighted by Crippen LogP contribution is -2.40. The normalized spacial score (nSPS) is 23.6. The summed E-state index contributed by atoms with van der Waals surface area (Å²) in [6, 6.07) is 8.25. The van der Waals surface area contributed by atoms with Crippen molar-refractivity contribution in [2.45, 2.75) is 38.3 Å². The zero-order valence-corrected chi connectivity index (χ0v) is 18.1. The second-order valence-corrected chi connectivity index (χ2v) is 9.40. The minimum atomic E-state index is -2.85. The van der Waals surface area contributed by atoms with Gasteiger partial charge in [0.05, 0.1) is 17.5 Å². The molecule has 140 valence electrons. The van der Waals surface area contributed by atoms with Gasteiger partial charge in [0.1, 0.15) is 0 Å². The quantitative estimate of drug-likeness (QED) is 0.372. The van der Waals surface area contributed by atoms with Crippen molar-refractivity contribution in [2.75, 3.05) is 18.1 Å². The minimum Gasteiger partial charge on any atom is -0.354 e. The first-order valence-electron chi connectivity index (χ1n) is 8.45. The van der Waals surface area contributed by atoms with Gasteiger partial charge in [-0.3, -0.25) is 4.99 Å². The molecule has 0 bridgehead atoms. The van der Waals surface area contributed by atoms with Gasteiger partial charge >= 0.3 is 0 Å². The molecule has 2 aliphatic rings. The van der Waals surface area contributed by atoms with Crippen molar-refractivity contribution in [1.82, 2.24) is 10.6 Å². The first-order valence-corrected chi connectivity index (χ1v) is 10.7. The van der Waals surface area contributed by atoms with Crippen LogP contribution in [0, 0.1) is 5.92 Å². The first kappa shape index (κ1) is 20.8. The summed E-state index contributed by atoms with van der Waals surface area (Å²) in [5.41, 5.74) is 1.02. The molecule has 8 heteroatoms. The van der Waals surface area contributed by atoms with Crippen molar-refractivity contribution in [3.8, 4) is 0 Å². The molecule has 1 aromatic rings. The number of halogens is 2. The Morgan fingerprint density at radius 3 is 2.64 bits per heavy atom. The third kappa shape index (κ3) is 6.29. The Labute approximate surface area is 172 Å². The molecule has 1 heterocycles. The first-order chi connectivity index (χ1) is 11.4. The van der Waals surface area contributed by atoms with E-state index in [1.54, 1.807) is 0 Å². The van der Waals surface area contributed by atoms with Gasteiger partial charge in [0.25, 0.3) is 0 Å². The van der Waals surface area contributed by atoms with Crippen LogP contribution in [0.2, 0.25) is 5.02 Å². The molecule has 2 fully saturated rings. The van der Waals surface area contributed by atoms with E-state index in [1.165, 1.54) is 0 Å². The van der Waals surface area contributed by atoms with Gasteiger partial charge < -0.3 is 10.6 Å². The molecule has 5 nitrogen and oxygen atoms in total. The molecule has 0 radical (unpaired) electrons. The number of nitrogens with zero attached hydrogens (tertiary/aromatic N) is 1. The molecule has 1 aliphatic heterocycles. The Hall–Kier alpha value is -0.540. The molecular weight excluding hydrogens is 473 g/mol. The topological polar surface area (TPSA) is 70.6 Å². The molecule has 1 aromatic carbocycles. The predicted molar refractivity (Wildman–Crippen MR) is 114 cm³/mol. The fraction of sp³-hybridized carbons (Fsp3) is 0.588. The number of guanidine groups is 1. The average molecular weight is 498 g/mol. The van der Waals surface area contributed by atoms with Crippen LogP contribution in [0.5, 0.6) is 0 Å². The van der Waals surface area contributed by atoms with Crippen molar-refractivity contribution in [1.29, 1.82) is 0 Å². The van der Waals surface area contributed by atoms with E-state index < -0.39 is 9.84 Å². The van der Waals surface area contributed by atoms with Crippen LogP contribution in [0.4, 0.5) is 0 Å². The molecule has 0 spiro atoms. The highest BCUT2D eigenvalue weighted by atomic mass is 127. The summed E-state index contributed by atoms with van der Waals surface area (Å²) in [4.78, 5) is 4.63. The fourth-order valence-corrected chi connectivity index (χ4v) is 5.05. The predicted octanol–water partition coefficient (Wildman–Crippen LogP) is 3.15. The summed E-state index contributed by atoms with van der Waals surface area (Å²) in [6.45, 7) is 2.59. The monoisotopic (exact) mass is 497 g/mol. The van der Waals surface area contributed by atoms with Crippen LogP contribution in [-0.2, 0) is 9.84 Å². The maximum atomic E-state index is 11.6.